The number of unbranched alkanes of at least 4 members (excludes halogenated alkanes) is 2. The van der Waals surface area contributed by atoms with E-state index in [1.165, 1.54) is 0 Å². The third kappa shape index (κ3) is 12.4. The number of carbonyl (C=O) groups excluding carboxylic acids is 2. The lowest BCUT2D eigenvalue weighted by atomic mass is 10.1. The second kappa shape index (κ2) is 17.1. The molecule has 2 heterocycles. The number of aromatic nitrogens is 2. The van der Waals surface area contributed by atoms with E-state index in [1.54, 1.807) is 6.07 Å². The van der Waals surface area contributed by atoms with E-state index in [-0.39, 0.29) is 17.6 Å². The molecule has 0 fully saturated rings. The predicted octanol–water partition coefficient (Wildman–Crippen LogP) is 8.18. The molecule has 9 nitrogen and oxygen atoms in total. The Kier molecular flexibility index (Phi) is 14.3. The molecule has 228 valence electrons. The highest BCUT2D eigenvalue weighted by atomic mass is 79.9. The molecule has 0 aliphatic carbocycles. The Hall–Kier alpha value is -3.15. The zero-order chi connectivity index (χ0) is 31.3. The summed E-state index contributed by atoms with van der Waals surface area (Å²) >= 11 is 6.74. The lowest BCUT2D eigenvalue weighted by molar-refractivity contribution is 0.0526. The number of amides is 1. The van der Waals surface area contributed by atoms with Crippen molar-refractivity contribution in [1.29, 1.82) is 0 Å². The zero-order valence-electron chi connectivity index (χ0n) is 24.5. The van der Waals surface area contributed by atoms with Gasteiger partial charge < -0.3 is 30.9 Å². The maximum atomic E-state index is 11.9. The number of carboxylic acid groups (broad SMARTS) is 1. The van der Waals surface area contributed by atoms with Crippen molar-refractivity contribution in [1.82, 2.24) is 15.3 Å². The molecule has 2 aromatic heterocycles. The zero-order valence-corrected chi connectivity index (χ0v) is 27.7. The normalized spacial score (nSPS) is 10.8. The number of H-pyrrole nitrogens is 2. The number of fused-ring (bicyclic) bond motifs is 2. The number of hydrogen-bond acceptors (Lipinski definition) is 5. The molecule has 4 rings (SSSR count). The van der Waals surface area contributed by atoms with Gasteiger partial charge in [-0.05, 0) is 76.6 Å². The van der Waals surface area contributed by atoms with Crippen LogP contribution in [0.4, 0.5) is 4.79 Å². The Morgan fingerprint density at radius 1 is 0.881 bits per heavy atom. The number of alkyl carbamates (subject to hydrolysis) is 1. The second-order valence-corrected chi connectivity index (χ2v) is 12.4. The molecule has 0 aliphatic rings. The van der Waals surface area contributed by atoms with Crippen LogP contribution in [0, 0.1) is 0 Å². The van der Waals surface area contributed by atoms with E-state index in [0.717, 1.165) is 62.1 Å². The first-order valence-corrected chi connectivity index (χ1v) is 15.4. The van der Waals surface area contributed by atoms with Crippen LogP contribution in [0.5, 0.6) is 0 Å². The molecule has 0 radical (unpaired) electrons. The Labute approximate surface area is 263 Å². The van der Waals surface area contributed by atoms with Gasteiger partial charge in [-0.2, -0.15) is 0 Å². The van der Waals surface area contributed by atoms with Gasteiger partial charge in [0.1, 0.15) is 11.3 Å². The molecule has 0 bridgehead atoms. The van der Waals surface area contributed by atoms with Gasteiger partial charge >= 0.3 is 12.1 Å². The summed E-state index contributed by atoms with van der Waals surface area (Å²) in [6.07, 6.45) is 4.29. The fourth-order valence-electron chi connectivity index (χ4n) is 3.74. The Morgan fingerprint density at radius 3 is 1.93 bits per heavy atom. The minimum atomic E-state index is -0.938. The third-order valence-electron chi connectivity index (χ3n) is 5.76. The number of aromatic amines is 2. The molecular weight excluding hydrogens is 668 g/mol. The van der Waals surface area contributed by atoms with Crippen molar-refractivity contribution in [3.8, 4) is 0 Å². The number of aromatic carboxylic acids is 1. The van der Waals surface area contributed by atoms with Gasteiger partial charge in [0.15, 0.2) is 5.78 Å². The van der Waals surface area contributed by atoms with Crippen LogP contribution in [0.1, 0.15) is 80.8 Å². The molecule has 4 aromatic rings. The molecule has 0 aliphatic heterocycles. The molecule has 6 N–H and O–H groups in total. The number of halogens is 2. The number of carbonyl (C=O) groups is 3. The summed E-state index contributed by atoms with van der Waals surface area (Å²) in [5.41, 5.74) is 7.61. The topological polar surface area (TPSA) is 150 Å². The molecule has 0 saturated carbocycles. The minimum Gasteiger partial charge on any atom is -0.477 e. The maximum absolute atomic E-state index is 11.9. The quantitative estimate of drug-likeness (QED) is 0.0875. The molecule has 0 saturated heterocycles. The highest BCUT2D eigenvalue weighted by molar-refractivity contribution is 9.10. The van der Waals surface area contributed by atoms with Crippen molar-refractivity contribution in [2.75, 3.05) is 13.1 Å². The molecule has 0 spiro atoms. The van der Waals surface area contributed by atoms with E-state index in [4.69, 9.17) is 15.6 Å². The van der Waals surface area contributed by atoms with Gasteiger partial charge in [-0.15, -0.1) is 0 Å². The Bertz CT molecular complexity index is 1470. The van der Waals surface area contributed by atoms with Crippen LogP contribution < -0.4 is 11.1 Å². The average Bonchev–Trinajstić information content (AvgIpc) is 3.52. The molecule has 0 unspecified atom stereocenters. The number of carboxylic acids is 1. The summed E-state index contributed by atoms with van der Waals surface area (Å²) in [6.45, 7) is 8.78. The number of ether oxygens (including phenoxy) is 1. The number of hydrogen-bond donors (Lipinski definition) is 5. The van der Waals surface area contributed by atoms with E-state index < -0.39 is 11.6 Å². The summed E-state index contributed by atoms with van der Waals surface area (Å²) in [5.74, 6) is -0.724. The van der Waals surface area contributed by atoms with Crippen molar-refractivity contribution in [2.45, 2.75) is 65.4 Å². The molecule has 11 heteroatoms. The fourth-order valence-corrected chi connectivity index (χ4v) is 4.46. The standard InChI is InChI=1S/C14H16BrNO.C9H6BrNO2.C8H18N2O2/c1-2-3-4-5-14(17)13-8-10-6-7-11(15)9-12(10)16-13;10-6-2-1-5-3-8(9(12)13)11-7(5)4-6;1-8(2,3)12-7(11)10-6-4-5-9/h6-9,16H,2-5H2,1H3;1-4,11H,(H,12,13);4-6,9H2,1-3H3,(H,10,11). The van der Waals surface area contributed by atoms with Crippen molar-refractivity contribution in [2.24, 2.45) is 5.73 Å². The van der Waals surface area contributed by atoms with Crippen LogP contribution in [-0.4, -0.2) is 51.6 Å². The van der Waals surface area contributed by atoms with Crippen LogP contribution in [0.25, 0.3) is 21.8 Å². The van der Waals surface area contributed by atoms with E-state index >= 15 is 0 Å². The lowest BCUT2D eigenvalue weighted by Crippen LogP contribution is -2.33. The van der Waals surface area contributed by atoms with Gasteiger partial charge in [-0.1, -0.05) is 63.8 Å². The second-order valence-electron chi connectivity index (χ2n) is 10.6. The van der Waals surface area contributed by atoms with E-state index in [2.05, 4.69) is 54.1 Å². The van der Waals surface area contributed by atoms with E-state index in [0.29, 0.717) is 19.5 Å². The fraction of sp³-hybridized carbons (Fsp3) is 0.387. The van der Waals surface area contributed by atoms with Crippen LogP contribution in [0.3, 0.4) is 0 Å². The number of nitrogens with two attached hydrogens (primary N) is 1. The molecular formula is C31H40Br2N4O5. The van der Waals surface area contributed by atoms with Crippen LogP contribution in [0.15, 0.2) is 57.5 Å². The van der Waals surface area contributed by atoms with Gasteiger partial charge in [0.2, 0.25) is 0 Å². The van der Waals surface area contributed by atoms with Gasteiger partial charge in [0, 0.05) is 43.7 Å². The lowest BCUT2D eigenvalue weighted by Gasteiger charge is -2.19. The van der Waals surface area contributed by atoms with Crippen molar-refractivity contribution >= 4 is 71.5 Å². The summed E-state index contributed by atoms with van der Waals surface area (Å²) in [7, 11) is 0. The SMILES string of the molecule is CC(C)(C)OC(=O)NCCCN.CCCCCC(=O)c1cc2ccc(Br)cc2[nH]1.O=C(O)c1cc2ccc(Br)cc2[nH]1. The van der Waals surface area contributed by atoms with Gasteiger partial charge in [-0.3, -0.25) is 4.79 Å². The molecule has 0 atom stereocenters. The summed E-state index contributed by atoms with van der Waals surface area (Å²) < 4.78 is 6.95. The number of benzene rings is 2. The number of nitrogens with one attached hydrogen (secondary N) is 3. The highest BCUT2D eigenvalue weighted by Crippen LogP contribution is 2.22. The summed E-state index contributed by atoms with van der Waals surface area (Å²) in [4.78, 5) is 39.5. The first kappa shape index (κ1) is 35.0. The molecule has 2 aromatic carbocycles. The number of Topliss-reactive ketones (excluding diaryl/α,β-unsaturated/α-hetero) is 1. The summed E-state index contributed by atoms with van der Waals surface area (Å²) in [6, 6.07) is 15.1. The van der Waals surface area contributed by atoms with Crippen molar-refractivity contribution in [3.05, 3.63) is 68.9 Å². The largest absolute Gasteiger partial charge is 0.477 e. The monoisotopic (exact) mass is 706 g/mol. The molecule has 1 amide bonds. The van der Waals surface area contributed by atoms with Crippen LogP contribution in [0.2, 0.25) is 0 Å². The molecule has 42 heavy (non-hydrogen) atoms. The van der Waals surface area contributed by atoms with Gasteiger partial charge in [0.25, 0.3) is 0 Å². The van der Waals surface area contributed by atoms with Crippen LogP contribution in [-0.2, 0) is 4.74 Å². The van der Waals surface area contributed by atoms with Gasteiger partial charge in [0.05, 0.1) is 5.69 Å². The first-order valence-electron chi connectivity index (χ1n) is 13.8. The van der Waals surface area contributed by atoms with Crippen LogP contribution >= 0.6 is 31.9 Å². The maximum Gasteiger partial charge on any atom is 0.407 e. The third-order valence-corrected chi connectivity index (χ3v) is 6.74. The Morgan fingerprint density at radius 2 is 1.43 bits per heavy atom. The smallest absolute Gasteiger partial charge is 0.407 e. The van der Waals surface area contributed by atoms with E-state index in [1.807, 2.05) is 63.2 Å². The predicted molar refractivity (Wildman–Crippen MR) is 175 cm³/mol. The van der Waals surface area contributed by atoms with E-state index in [9.17, 15) is 14.4 Å². The first-order chi connectivity index (χ1) is 19.8. The number of rotatable bonds is 9. The average molecular weight is 708 g/mol. The van der Waals surface area contributed by atoms with Crippen molar-refractivity contribution < 1.29 is 24.2 Å². The Balaban J connectivity index is 0.000000225. The number of ketones is 1. The van der Waals surface area contributed by atoms with Crippen molar-refractivity contribution in [3.63, 3.8) is 0 Å². The summed E-state index contributed by atoms with van der Waals surface area (Å²) in [5, 5.41) is 13.3. The van der Waals surface area contributed by atoms with Gasteiger partial charge in [-0.25, -0.2) is 9.59 Å². The minimum absolute atomic E-state index is 0.214. The highest BCUT2D eigenvalue weighted by Gasteiger charge is 2.15.